The Morgan fingerprint density at radius 3 is 3.22 bits per heavy atom. The molecule has 1 saturated heterocycles. The Balaban J connectivity index is 1.98. The number of alkyl halides is 1. The van der Waals surface area contributed by atoms with Crippen molar-refractivity contribution in [2.24, 2.45) is 0 Å². The third kappa shape index (κ3) is 2.26. The molecule has 2 aromatic heterocycles. The predicted molar refractivity (Wildman–Crippen MR) is 80.8 cm³/mol. The summed E-state index contributed by atoms with van der Waals surface area (Å²) in [7, 11) is 0. The van der Waals surface area contributed by atoms with Crippen molar-refractivity contribution in [2.75, 3.05) is 16.8 Å². The van der Waals surface area contributed by atoms with Gasteiger partial charge in [0.1, 0.15) is 12.1 Å². The van der Waals surface area contributed by atoms with E-state index in [2.05, 4.69) is 42.2 Å². The average molecular weight is 326 g/mol. The van der Waals surface area contributed by atoms with E-state index in [0.29, 0.717) is 6.04 Å². The Hall–Kier alpha value is -0.680. The monoisotopic (exact) mass is 325 g/mol. The first kappa shape index (κ1) is 12.4. The first-order chi connectivity index (χ1) is 8.90. The zero-order valence-corrected chi connectivity index (χ0v) is 12.6. The van der Waals surface area contributed by atoms with Gasteiger partial charge in [-0.1, -0.05) is 15.9 Å². The van der Waals surface area contributed by atoms with Crippen molar-refractivity contribution in [1.82, 2.24) is 9.97 Å². The average Bonchev–Trinajstić information content (AvgIpc) is 2.88. The highest BCUT2D eigenvalue weighted by Crippen LogP contribution is 2.32. The topological polar surface area (TPSA) is 29.0 Å². The molecule has 0 radical (unpaired) electrons. The van der Waals surface area contributed by atoms with Gasteiger partial charge >= 0.3 is 0 Å². The fraction of sp³-hybridized carbons (Fsp3) is 0.538. The summed E-state index contributed by atoms with van der Waals surface area (Å²) in [6, 6.07) is 2.70. The molecule has 0 amide bonds. The normalized spacial score (nSPS) is 20.5. The van der Waals surface area contributed by atoms with Crippen molar-refractivity contribution in [3.63, 3.8) is 0 Å². The first-order valence-electron chi connectivity index (χ1n) is 6.41. The second-order valence-electron chi connectivity index (χ2n) is 4.65. The van der Waals surface area contributed by atoms with Gasteiger partial charge in [-0.25, -0.2) is 9.97 Å². The molecule has 1 aliphatic heterocycles. The lowest BCUT2D eigenvalue weighted by Crippen LogP contribution is -2.40. The van der Waals surface area contributed by atoms with Crippen LogP contribution in [0.5, 0.6) is 0 Å². The molecule has 3 heterocycles. The summed E-state index contributed by atoms with van der Waals surface area (Å²) in [6.45, 7) is 1.13. The molecule has 3 nitrogen and oxygen atoms in total. The van der Waals surface area contributed by atoms with Gasteiger partial charge in [-0.15, -0.1) is 11.3 Å². The Bertz CT molecular complexity index is 526. The van der Waals surface area contributed by atoms with Crippen LogP contribution >= 0.6 is 27.3 Å². The van der Waals surface area contributed by atoms with Gasteiger partial charge in [-0.05, 0) is 37.1 Å². The van der Waals surface area contributed by atoms with E-state index in [1.165, 1.54) is 30.4 Å². The fourth-order valence-corrected chi connectivity index (χ4v) is 4.06. The quantitative estimate of drug-likeness (QED) is 0.803. The minimum atomic E-state index is 0.623. The van der Waals surface area contributed by atoms with E-state index in [4.69, 9.17) is 0 Å². The van der Waals surface area contributed by atoms with Crippen LogP contribution in [-0.4, -0.2) is 27.9 Å². The molecule has 5 heteroatoms. The van der Waals surface area contributed by atoms with E-state index in [-0.39, 0.29) is 0 Å². The Morgan fingerprint density at radius 1 is 1.39 bits per heavy atom. The summed E-state index contributed by atoms with van der Waals surface area (Å²) in [5.41, 5.74) is 1.08. The van der Waals surface area contributed by atoms with Gasteiger partial charge in [0, 0.05) is 17.9 Å². The van der Waals surface area contributed by atoms with Crippen LogP contribution in [0.3, 0.4) is 0 Å². The third-order valence-corrected chi connectivity index (χ3v) is 4.92. The van der Waals surface area contributed by atoms with Gasteiger partial charge in [-0.2, -0.15) is 0 Å². The molecule has 96 valence electrons. The molecule has 1 atom stereocenters. The van der Waals surface area contributed by atoms with Crippen molar-refractivity contribution in [3.8, 4) is 0 Å². The number of halogens is 1. The standard InChI is InChI=1S/C13H16BrN3S/c14-6-4-10-3-1-2-7-17(10)13-12-11(5-8-18-12)15-9-16-13/h5,8-10H,1-4,6-7H2. The summed E-state index contributed by atoms with van der Waals surface area (Å²) < 4.78 is 1.24. The van der Waals surface area contributed by atoms with Crippen LogP contribution in [0.15, 0.2) is 17.8 Å². The Labute approximate surface area is 119 Å². The second-order valence-corrected chi connectivity index (χ2v) is 6.36. The van der Waals surface area contributed by atoms with Crippen LogP contribution in [0.4, 0.5) is 5.82 Å². The molecule has 18 heavy (non-hydrogen) atoms. The van der Waals surface area contributed by atoms with E-state index in [0.717, 1.165) is 23.2 Å². The van der Waals surface area contributed by atoms with E-state index < -0.39 is 0 Å². The van der Waals surface area contributed by atoms with Crippen molar-refractivity contribution < 1.29 is 0 Å². The molecule has 1 aliphatic rings. The lowest BCUT2D eigenvalue weighted by Gasteiger charge is -2.36. The van der Waals surface area contributed by atoms with E-state index in [1.807, 2.05) is 0 Å². The highest BCUT2D eigenvalue weighted by Gasteiger charge is 2.24. The summed E-state index contributed by atoms with van der Waals surface area (Å²) in [4.78, 5) is 11.4. The number of rotatable bonds is 3. The minimum Gasteiger partial charge on any atom is -0.352 e. The summed E-state index contributed by atoms with van der Waals surface area (Å²) in [5.74, 6) is 1.14. The maximum Gasteiger partial charge on any atom is 0.150 e. The first-order valence-corrected chi connectivity index (χ1v) is 8.41. The number of thiophene rings is 1. The van der Waals surface area contributed by atoms with Gasteiger partial charge in [-0.3, -0.25) is 0 Å². The molecule has 1 unspecified atom stereocenters. The van der Waals surface area contributed by atoms with E-state index in [9.17, 15) is 0 Å². The van der Waals surface area contributed by atoms with E-state index >= 15 is 0 Å². The summed E-state index contributed by atoms with van der Waals surface area (Å²) in [5, 5.41) is 3.17. The molecule has 3 rings (SSSR count). The summed E-state index contributed by atoms with van der Waals surface area (Å²) >= 11 is 5.32. The van der Waals surface area contributed by atoms with Crippen LogP contribution in [-0.2, 0) is 0 Å². The van der Waals surface area contributed by atoms with Crippen molar-refractivity contribution in [1.29, 1.82) is 0 Å². The molecular weight excluding hydrogens is 310 g/mol. The van der Waals surface area contributed by atoms with Crippen molar-refractivity contribution in [2.45, 2.75) is 31.7 Å². The van der Waals surface area contributed by atoms with Crippen molar-refractivity contribution in [3.05, 3.63) is 17.8 Å². The molecule has 0 aromatic carbocycles. The lowest BCUT2D eigenvalue weighted by molar-refractivity contribution is 0.450. The van der Waals surface area contributed by atoms with Gasteiger partial charge in [0.2, 0.25) is 0 Å². The number of hydrogen-bond donors (Lipinski definition) is 0. The number of aromatic nitrogens is 2. The zero-order chi connectivity index (χ0) is 12.4. The molecule has 0 N–H and O–H groups in total. The lowest BCUT2D eigenvalue weighted by atomic mass is 10.00. The molecule has 0 spiro atoms. The SMILES string of the molecule is BrCCC1CCCCN1c1ncnc2ccsc12. The van der Waals surface area contributed by atoms with Crippen LogP contribution in [0.25, 0.3) is 10.2 Å². The van der Waals surface area contributed by atoms with Crippen molar-refractivity contribution >= 4 is 43.3 Å². The van der Waals surface area contributed by atoms with Gasteiger partial charge in [0.15, 0.2) is 0 Å². The predicted octanol–water partition coefficient (Wildman–Crippen LogP) is 3.84. The third-order valence-electron chi connectivity index (χ3n) is 3.57. The van der Waals surface area contributed by atoms with Crippen LogP contribution < -0.4 is 4.90 Å². The molecular formula is C13H16BrN3S. The van der Waals surface area contributed by atoms with Gasteiger partial charge in [0.05, 0.1) is 10.2 Å². The highest BCUT2D eigenvalue weighted by molar-refractivity contribution is 9.09. The Morgan fingerprint density at radius 2 is 2.33 bits per heavy atom. The number of fused-ring (bicyclic) bond motifs is 1. The zero-order valence-electron chi connectivity index (χ0n) is 10.2. The van der Waals surface area contributed by atoms with Crippen LogP contribution in [0.2, 0.25) is 0 Å². The van der Waals surface area contributed by atoms with Crippen LogP contribution in [0.1, 0.15) is 25.7 Å². The Kier molecular flexibility index (Phi) is 3.80. The maximum atomic E-state index is 4.55. The highest BCUT2D eigenvalue weighted by atomic mass is 79.9. The maximum absolute atomic E-state index is 4.55. The molecule has 0 bridgehead atoms. The van der Waals surface area contributed by atoms with Crippen LogP contribution in [0, 0.1) is 0 Å². The molecule has 0 saturated carbocycles. The molecule has 1 fully saturated rings. The fourth-order valence-electron chi connectivity index (χ4n) is 2.69. The number of hydrogen-bond acceptors (Lipinski definition) is 4. The largest absolute Gasteiger partial charge is 0.352 e. The van der Waals surface area contributed by atoms with E-state index in [1.54, 1.807) is 17.7 Å². The number of piperidine rings is 1. The number of nitrogens with zero attached hydrogens (tertiary/aromatic N) is 3. The number of anilines is 1. The van der Waals surface area contributed by atoms with Gasteiger partial charge in [0.25, 0.3) is 0 Å². The second kappa shape index (κ2) is 5.53. The smallest absolute Gasteiger partial charge is 0.150 e. The van der Waals surface area contributed by atoms with Gasteiger partial charge < -0.3 is 4.90 Å². The minimum absolute atomic E-state index is 0.623. The molecule has 2 aromatic rings. The molecule has 0 aliphatic carbocycles. The summed E-state index contributed by atoms with van der Waals surface area (Å²) in [6.07, 6.45) is 6.78.